The molecule has 1 rings (SSSR count). The van der Waals surface area contributed by atoms with Crippen molar-refractivity contribution in [3.63, 3.8) is 0 Å². The van der Waals surface area contributed by atoms with Crippen molar-refractivity contribution in [1.82, 2.24) is 0 Å². The Labute approximate surface area is 100.0 Å². The van der Waals surface area contributed by atoms with Crippen molar-refractivity contribution in [1.29, 1.82) is 0 Å². The first kappa shape index (κ1) is 13.2. The van der Waals surface area contributed by atoms with Crippen LogP contribution in [0.4, 0.5) is 11.4 Å². The first-order valence-electron chi connectivity index (χ1n) is 5.59. The highest BCUT2D eigenvalue weighted by atomic mass is 16.6. The van der Waals surface area contributed by atoms with Gasteiger partial charge in [0.25, 0.3) is 5.69 Å². The standard InChI is InChI=1S/C12H16N2O3/c1-3-4-5-12(15)13-11-8-10(14(16)17)7-6-9(11)2/h6-8H,3-5H2,1-2H3,(H,13,15). The summed E-state index contributed by atoms with van der Waals surface area (Å²) < 4.78 is 0. The smallest absolute Gasteiger partial charge is 0.271 e. The van der Waals surface area contributed by atoms with E-state index >= 15 is 0 Å². The molecule has 1 aromatic carbocycles. The fraction of sp³-hybridized carbons (Fsp3) is 0.417. The largest absolute Gasteiger partial charge is 0.326 e. The van der Waals surface area contributed by atoms with Gasteiger partial charge in [0.15, 0.2) is 0 Å². The Morgan fingerprint density at radius 2 is 2.18 bits per heavy atom. The van der Waals surface area contributed by atoms with E-state index in [0.29, 0.717) is 12.1 Å². The van der Waals surface area contributed by atoms with E-state index in [1.54, 1.807) is 13.0 Å². The molecule has 1 N–H and O–H groups in total. The summed E-state index contributed by atoms with van der Waals surface area (Å²) in [5, 5.41) is 13.3. The minimum absolute atomic E-state index is 0.0126. The van der Waals surface area contributed by atoms with E-state index in [0.717, 1.165) is 18.4 Å². The van der Waals surface area contributed by atoms with E-state index in [1.165, 1.54) is 12.1 Å². The second-order valence-electron chi connectivity index (χ2n) is 3.91. The van der Waals surface area contributed by atoms with Crippen LogP contribution in [0.5, 0.6) is 0 Å². The summed E-state index contributed by atoms with van der Waals surface area (Å²) >= 11 is 0. The molecule has 0 saturated heterocycles. The fourth-order valence-corrected chi connectivity index (χ4v) is 1.41. The van der Waals surface area contributed by atoms with Gasteiger partial charge in [-0.1, -0.05) is 19.4 Å². The topological polar surface area (TPSA) is 72.2 Å². The molecule has 0 fully saturated rings. The number of rotatable bonds is 5. The average Bonchev–Trinajstić information content (AvgIpc) is 2.29. The maximum atomic E-state index is 11.5. The molecule has 5 nitrogen and oxygen atoms in total. The number of carbonyl (C=O) groups excluding carboxylic acids is 1. The SMILES string of the molecule is CCCCC(=O)Nc1cc([N+](=O)[O-])ccc1C. The van der Waals surface area contributed by atoms with Gasteiger partial charge >= 0.3 is 0 Å². The molecule has 5 heteroatoms. The Morgan fingerprint density at radius 1 is 1.47 bits per heavy atom. The summed E-state index contributed by atoms with van der Waals surface area (Å²) in [6.07, 6.45) is 2.21. The predicted octanol–water partition coefficient (Wildman–Crippen LogP) is 3.03. The van der Waals surface area contributed by atoms with Crippen LogP contribution in [-0.4, -0.2) is 10.8 Å². The second kappa shape index (κ2) is 5.98. The van der Waals surface area contributed by atoms with Gasteiger partial charge in [0.1, 0.15) is 0 Å². The Morgan fingerprint density at radius 3 is 2.76 bits per heavy atom. The molecule has 0 unspecified atom stereocenters. The Bertz CT molecular complexity index is 430. The number of carbonyl (C=O) groups is 1. The molecular weight excluding hydrogens is 220 g/mol. The van der Waals surface area contributed by atoms with E-state index in [4.69, 9.17) is 0 Å². The maximum absolute atomic E-state index is 11.5. The molecule has 0 aliphatic rings. The lowest BCUT2D eigenvalue weighted by atomic mass is 10.1. The predicted molar refractivity (Wildman–Crippen MR) is 66.0 cm³/mol. The van der Waals surface area contributed by atoms with Crippen LogP contribution in [0.2, 0.25) is 0 Å². The maximum Gasteiger partial charge on any atom is 0.271 e. The molecule has 0 radical (unpaired) electrons. The zero-order valence-corrected chi connectivity index (χ0v) is 10.0. The Balaban J connectivity index is 2.79. The van der Waals surface area contributed by atoms with Gasteiger partial charge in [-0.25, -0.2) is 0 Å². The van der Waals surface area contributed by atoms with Gasteiger partial charge in [0.2, 0.25) is 5.91 Å². The monoisotopic (exact) mass is 236 g/mol. The molecule has 1 amide bonds. The summed E-state index contributed by atoms with van der Waals surface area (Å²) in [5.41, 5.74) is 1.32. The molecule has 92 valence electrons. The third-order valence-electron chi connectivity index (χ3n) is 2.46. The molecule has 0 aliphatic carbocycles. The number of nitro benzene ring substituents is 1. The lowest BCUT2D eigenvalue weighted by Gasteiger charge is -2.07. The van der Waals surface area contributed by atoms with Crippen LogP contribution in [0.1, 0.15) is 31.7 Å². The number of hydrogen-bond acceptors (Lipinski definition) is 3. The van der Waals surface area contributed by atoms with E-state index in [2.05, 4.69) is 5.32 Å². The first-order chi connectivity index (χ1) is 8.04. The minimum Gasteiger partial charge on any atom is -0.326 e. The number of unbranched alkanes of at least 4 members (excludes halogenated alkanes) is 1. The van der Waals surface area contributed by atoms with Gasteiger partial charge in [0.05, 0.1) is 10.6 Å². The second-order valence-corrected chi connectivity index (χ2v) is 3.91. The summed E-state index contributed by atoms with van der Waals surface area (Å²) in [6.45, 7) is 3.81. The lowest BCUT2D eigenvalue weighted by Crippen LogP contribution is -2.12. The minimum atomic E-state index is -0.471. The molecule has 0 atom stereocenters. The van der Waals surface area contributed by atoms with Crippen LogP contribution in [0, 0.1) is 17.0 Å². The summed E-state index contributed by atoms with van der Waals surface area (Å²) in [5.74, 6) is -0.101. The number of amides is 1. The normalized spacial score (nSPS) is 10.0. The van der Waals surface area contributed by atoms with Gasteiger partial charge in [-0.05, 0) is 18.9 Å². The zero-order valence-electron chi connectivity index (χ0n) is 10.0. The van der Waals surface area contributed by atoms with Crippen molar-refractivity contribution < 1.29 is 9.72 Å². The molecular formula is C12H16N2O3. The van der Waals surface area contributed by atoms with Gasteiger partial charge in [-0.15, -0.1) is 0 Å². The highest BCUT2D eigenvalue weighted by molar-refractivity contribution is 5.91. The van der Waals surface area contributed by atoms with Crippen molar-refractivity contribution in [3.8, 4) is 0 Å². The quantitative estimate of drug-likeness (QED) is 0.630. The molecule has 0 saturated carbocycles. The van der Waals surface area contributed by atoms with E-state index in [1.807, 2.05) is 6.92 Å². The van der Waals surface area contributed by atoms with Crippen LogP contribution < -0.4 is 5.32 Å². The number of non-ortho nitro benzene ring substituents is 1. The van der Waals surface area contributed by atoms with Gasteiger partial charge in [-0.2, -0.15) is 0 Å². The number of benzene rings is 1. The molecule has 17 heavy (non-hydrogen) atoms. The Hall–Kier alpha value is -1.91. The molecule has 0 heterocycles. The van der Waals surface area contributed by atoms with Crippen molar-refractivity contribution in [2.75, 3.05) is 5.32 Å². The lowest BCUT2D eigenvalue weighted by molar-refractivity contribution is -0.384. The van der Waals surface area contributed by atoms with Crippen molar-refractivity contribution in [2.45, 2.75) is 33.1 Å². The van der Waals surface area contributed by atoms with Crippen LogP contribution in [0.3, 0.4) is 0 Å². The first-order valence-corrected chi connectivity index (χ1v) is 5.59. The number of nitrogens with one attached hydrogen (secondary N) is 1. The zero-order chi connectivity index (χ0) is 12.8. The summed E-state index contributed by atoms with van der Waals surface area (Å²) in [4.78, 5) is 21.7. The molecule has 0 spiro atoms. The van der Waals surface area contributed by atoms with Gasteiger partial charge in [0, 0.05) is 18.6 Å². The number of hydrogen-bond donors (Lipinski definition) is 1. The molecule has 0 bridgehead atoms. The van der Waals surface area contributed by atoms with Crippen LogP contribution >= 0.6 is 0 Å². The molecule has 0 aliphatic heterocycles. The van der Waals surface area contributed by atoms with Crippen molar-refractivity contribution in [2.24, 2.45) is 0 Å². The van der Waals surface area contributed by atoms with E-state index < -0.39 is 4.92 Å². The third kappa shape index (κ3) is 3.86. The number of nitro groups is 1. The third-order valence-corrected chi connectivity index (χ3v) is 2.46. The summed E-state index contributed by atoms with van der Waals surface area (Å²) in [6, 6.07) is 4.45. The van der Waals surface area contributed by atoms with Crippen LogP contribution in [-0.2, 0) is 4.79 Å². The van der Waals surface area contributed by atoms with E-state index in [9.17, 15) is 14.9 Å². The molecule has 0 aromatic heterocycles. The average molecular weight is 236 g/mol. The van der Waals surface area contributed by atoms with E-state index in [-0.39, 0.29) is 11.6 Å². The number of anilines is 1. The summed E-state index contributed by atoms with van der Waals surface area (Å²) in [7, 11) is 0. The van der Waals surface area contributed by atoms with Crippen LogP contribution in [0.25, 0.3) is 0 Å². The van der Waals surface area contributed by atoms with Crippen LogP contribution in [0.15, 0.2) is 18.2 Å². The fourth-order valence-electron chi connectivity index (χ4n) is 1.41. The van der Waals surface area contributed by atoms with Gasteiger partial charge < -0.3 is 5.32 Å². The van der Waals surface area contributed by atoms with Crippen molar-refractivity contribution in [3.05, 3.63) is 33.9 Å². The highest BCUT2D eigenvalue weighted by Gasteiger charge is 2.10. The number of nitrogens with zero attached hydrogens (tertiary/aromatic N) is 1. The van der Waals surface area contributed by atoms with Crippen molar-refractivity contribution >= 4 is 17.3 Å². The highest BCUT2D eigenvalue weighted by Crippen LogP contribution is 2.22. The Kier molecular flexibility index (Phi) is 4.63. The molecule has 1 aromatic rings. The van der Waals surface area contributed by atoms with Gasteiger partial charge in [-0.3, -0.25) is 14.9 Å². The number of aryl methyl sites for hydroxylation is 1.